The quantitative estimate of drug-likeness (QED) is 0.459. The number of nitrogens with zero attached hydrogens (tertiary/aromatic N) is 2. The van der Waals surface area contributed by atoms with E-state index in [1.165, 1.54) is 23.1 Å². The number of rotatable bonds is 9. The molecule has 1 atom stereocenters. The lowest BCUT2D eigenvalue weighted by atomic mass is 10.1. The van der Waals surface area contributed by atoms with Crippen LogP contribution in [-0.4, -0.2) is 49.5 Å². The van der Waals surface area contributed by atoms with Crippen molar-refractivity contribution in [2.24, 2.45) is 0 Å². The lowest BCUT2D eigenvalue weighted by molar-refractivity contribution is -0.141. The fourth-order valence-electron chi connectivity index (χ4n) is 3.41. The van der Waals surface area contributed by atoms with Gasteiger partial charge >= 0.3 is 0 Å². The molecule has 11 heteroatoms. The molecule has 2 aromatic carbocycles. The summed E-state index contributed by atoms with van der Waals surface area (Å²) < 4.78 is 26.2. The fourth-order valence-corrected chi connectivity index (χ4v) is 4.67. The van der Waals surface area contributed by atoms with E-state index in [1.54, 1.807) is 31.2 Å². The summed E-state index contributed by atoms with van der Waals surface area (Å²) in [7, 11) is -3.87. The van der Waals surface area contributed by atoms with E-state index in [9.17, 15) is 18.0 Å². The topological polar surface area (TPSA) is 86.8 Å². The minimum absolute atomic E-state index is 0.0883. The molecule has 0 saturated carbocycles. The van der Waals surface area contributed by atoms with Gasteiger partial charge in [-0.05, 0) is 63.1 Å². The molecule has 0 unspecified atom stereocenters. The zero-order valence-corrected chi connectivity index (χ0v) is 23.4. The van der Waals surface area contributed by atoms with E-state index >= 15 is 0 Å². The lowest BCUT2D eigenvalue weighted by Gasteiger charge is -2.34. The number of carbonyl (C=O) groups is 2. The molecule has 0 radical (unpaired) electrons. The maximum absolute atomic E-state index is 13.6. The van der Waals surface area contributed by atoms with Crippen LogP contribution in [0.25, 0.3) is 0 Å². The van der Waals surface area contributed by atoms with Crippen LogP contribution >= 0.6 is 34.8 Å². The van der Waals surface area contributed by atoms with Crippen molar-refractivity contribution in [3.05, 3.63) is 63.1 Å². The van der Waals surface area contributed by atoms with Crippen molar-refractivity contribution in [1.29, 1.82) is 0 Å². The minimum Gasteiger partial charge on any atom is -0.350 e. The molecule has 35 heavy (non-hydrogen) atoms. The van der Waals surface area contributed by atoms with Gasteiger partial charge in [0.15, 0.2) is 0 Å². The minimum atomic E-state index is -3.87. The standard InChI is InChI=1S/C24H30Cl3N3O4S/c1-6-21(23(32)28-24(2,3)4)29(14-16-7-9-17(25)10-8-16)22(31)15-30(35(5,33)34)18-11-12-19(26)20(27)13-18/h7-13,21H,6,14-15H2,1-5H3,(H,28,32)/t21-/m0/s1. The van der Waals surface area contributed by atoms with E-state index in [4.69, 9.17) is 34.8 Å². The van der Waals surface area contributed by atoms with Crippen molar-refractivity contribution in [2.45, 2.75) is 52.2 Å². The first-order valence-electron chi connectivity index (χ1n) is 10.9. The average Bonchev–Trinajstić information content (AvgIpc) is 2.73. The molecular weight excluding hydrogens is 533 g/mol. The predicted molar refractivity (Wildman–Crippen MR) is 143 cm³/mol. The van der Waals surface area contributed by atoms with Gasteiger partial charge in [0.05, 0.1) is 22.0 Å². The Bertz CT molecular complexity index is 1170. The number of nitrogens with one attached hydrogen (secondary N) is 1. The molecule has 192 valence electrons. The summed E-state index contributed by atoms with van der Waals surface area (Å²) in [5.74, 6) is -0.880. The second-order valence-corrected chi connectivity index (χ2v) is 12.3. The molecular formula is C24H30Cl3N3O4S. The molecule has 7 nitrogen and oxygen atoms in total. The Labute approximate surface area is 222 Å². The van der Waals surface area contributed by atoms with Crippen LogP contribution in [0.1, 0.15) is 39.7 Å². The molecule has 2 amide bonds. The van der Waals surface area contributed by atoms with E-state index in [-0.39, 0.29) is 28.2 Å². The van der Waals surface area contributed by atoms with Gasteiger partial charge in [0.2, 0.25) is 21.8 Å². The smallest absolute Gasteiger partial charge is 0.244 e. The van der Waals surface area contributed by atoms with Crippen molar-refractivity contribution in [3.63, 3.8) is 0 Å². The van der Waals surface area contributed by atoms with E-state index in [1.807, 2.05) is 20.8 Å². The molecule has 0 aromatic heterocycles. The summed E-state index contributed by atoms with van der Waals surface area (Å²) in [6.07, 6.45) is 1.32. The van der Waals surface area contributed by atoms with Gasteiger partial charge < -0.3 is 10.2 Å². The zero-order valence-electron chi connectivity index (χ0n) is 20.3. The van der Waals surface area contributed by atoms with Crippen LogP contribution in [0.15, 0.2) is 42.5 Å². The number of benzene rings is 2. The number of anilines is 1. The normalized spacial score (nSPS) is 12.7. The predicted octanol–water partition coefficient (Wildman–Crippen LogP) is 5.13. The second-order valence-electron chi connectivity index (χ2n) is 9.18. The Morgan fingerprint density at radius 1 is 1.00 bits per heavy atom. The molecule has 0 aliphatic heterocycles. The average molecular weight is 563 g/mol. The number of hydrogen-bond donors (Lipinski definition) is 1. The fraction of sp³-hybridized carbons (Fsp3) is 0.417. The van der Waals surface area contributed by atoms with Gasteiger partial charge in [0.1, 0.15) is 12.6 Å². The summed E-state index contributed by atoms with van der Waals surface area (Å²) >= 11 is 18.1. The van der Waals surface area contributed by atoms with Crippen LogP contribution < -0.4 is 9.62 Å². The molecule has 2 rings (SSSR count). The van der Waals surface area contributed by atoms with Gasteiger partial charge in [-0.15, -0.1) is 0 Å². The van der Waals surface area contributed by atoms with Gasteiger partial charge in [-0.2, -0.15) is 0 Å². The van der Waals surface area contributed by atoms with Gasteiger partial charge in [0, 0.05) is 17.1 Å². The first kappa shape index (κ1) is 29.2. The van der Waals surface area contributed by atoms with Crippen LogP contribution in [0.2, 0.25) is 15.1 Å². The summed E-state index contributed by atoms with van der Waals surface area (Å²) in [5.41, 5.74) is 0.414. The van der Waals surface area contributed by atoms with E-state index in [0.29, 0.717) is 11.4 Å². The molecule has 2 aromatic rings. The number of halogens is 3. The van der Waals surface area contributed by atoms with Crippen LogP contribution in [0.5, 0.6) is 0 Å². The summed E-state index contributed by atoms with van der Waals surface area (Å²) in [6.45, 7) is 6.90. The Morgan fingerprint density at radius 3 is 2.09 bits per heavy atom. The largest absolute Gasteiger partial charge is 0.350 e. The monoisotopic (exact) mass is 561 g/mol. The van der Waals surface area contributed by atoms with Gasteiger partial charge in [-0.3, -0.25) is 13.9 Å². The van der Waals surface area contributed by atoms with E-state index in [0.717, 1.165) is 16.1 Å². The molecule has 0 bridgehead atoms. The van der Waals surface area contributed by atoms with Crippen LogP contribution in [-0.2, 0) is 26.2 Å². The highest BCUT2D eigenvalue weighted by Gasteiger charge is 2.33. The van der Waals surface area contributed by atoms with Crippen molar-refractivity contribution in [2.75, 3.05) is 17.1 Å². The molecule has 1 N–H and O–H groups in total. The molecule has 0 fully saturated rings. The van der Waals surface area contributed by atoms with Gasteiger partial charge in [0.25, 0.3) is 0 Å². The number of carbonyl (C=O) groups excluding carboxylic acids is 2. The van der Waals surface area contributed by atoms with Crippen LogP contribution in [0.4, 0.5) is 5.69 Å². The van der Waals surface area contributed by atoms with Crippen molar-refractivity contribution < 1.29 is 18.0 Å². The zero-order chi connectivity index (χ0) is 26.6. The molecule has 0 heterocycles. The molecule has 0 spiro atoms. The highest BCUT2D eigenvalue weighted by molar-refractivity contribution is 7.92. The Kier molecular flexibility index (Phi) is 9.87. The van der Waals surface area contributed by atoms with Crippen molar-refractivity contribution in [3.8, 4) is 0 Å². The van der Waals surface area contributed by atoms with Crippen LogP contribution in [0.3, 0.4) is 0 Å². The van der Waals surface area contributed by atoms with Crippen molar-refractivity contribution in [1.82, 2.24) is 10.2 Å². The highest BCUT2D eigenvalue weighted by Crippen LogP contribution is 2.29. The number of hydrogen-bond acceptors (Lipinski definition) is 4. The summed E-state index contributed by atoms with van der Waals surface area (Å²) in [4.78, 5) is 28.1. The summed E-state index contributed by atoms with van der Waals surface area (Å²) in [6, 6.07) is 10.4. The number of sulfonamides is 1. The summed E-state index contributed by atoms with van der Waals surface area (Å²) in [5, 5.41) is 3.85. The third-order valence-electron chi connectivity index (χ3n) is 5.02. The second kappa shape index (κ2) is 11.8. The van der Waals surface area contributed by atoms with Gasteiger partial charge in [-0.25, -0.2) is 8.42 Å². The molecule has 0 aliphatic rings. The highest BCUT2D eigenvalue weighted by atomic mass is 35.5. The first-order chi connectivity index (χ1) is 16.1. The SMILES string of the molecule is CC[C@@H](C(=O)NC(C)(C)C)N(Cc1ccc(Cl)cc1)C(=O)CN(c1ccc(Cl)c(Cl)c1)S(C)(=O)=O. The maximum atomic E-state index is 13.6. The number of amides is 2. The third-order valence-corrected chi connectivity index (χ3v) is 7.15. The lowest BCUT2D eigenvalue weighted by Crippen LogP contribution is -2.55. The van der Waals surface area contributed by atoms with E-state index in [2.05, 4.69) is 5.32 Å². The molecule has 0 aliphatic carbocycles. The molecule has 0 saturated heterocycles. The first-order valence-corrected chi connectivity index (χ1v) is 13.9. The van der Waals surface area contributed by atoms with Crippen LogP contribution in [0, 0.1) is 0 Å². The Hall–Kier alpha value is -2.00. The third kappa shape index (κ3) is 8.56. The Morgan fingerprint density at radius 2 is 1.60 bits per heavy atom. The van der Waals surface area contributed by atoms with Crippen molar-refractivity contribution >= 4 is 62.3 Å². The van der Waals surface area contributed by atoms with E-state index < -0.39 is 34.1 Å². The van der Waals surface area contributed by atoms with Gasteiger partial charge in [-0.1, -0.05) is 53.9 Å². The maximum Gasteiger partial charge on any atom is 0.244 e. The Balaban J connectivity index is 2.47.